The molecular weight excluding hydrogens is 226 g/mol. The summed E-state index contributed by atoms with van der Waals surface area (Å²) in [6, 6.07) is 7.64. The van der Waals surface area contributed by atoms with Crippen LogP contribution >= 0.6 is 11.3 Å². The number of benzene rings is 1. The van der Waals surface area contributed by atoms with E-state index in [1.54, 1.807) is 0 Å². The molecule has 0 aliphatic rings. The smallest absolute Gasteiger partial charge is 0.346 e. The molecule has 4 nitrogen and oxygen atoms in total. The van der Waals surface area contributed by atoms with Crippen molar-refractivity contribution in [3.05, 3.63) is 34.7 Å². The van der Waals surface area contributed by atoms with Gasteiger partial charge in [0.1, 0.15) is 4.88 Å². The van der Waals surface area contributed by atoms with Crippen LogP contribution in [0.3, 0.4) is 0 Å². The number of fused-ring (bicyclic) bond motifs is 1. The van der Waals surface area contributed by atoms with Crippen LogP contribution in [0.15, 0.2) is 24.3 Å². The number of hydrogen-bond acceptors (Lipinski definition) is 4. The van der Waals surface area contributed by atoms with E-state index in [0.717, 1.165) is 15.6 Å². The van der Waals surface area contributed by atoms with Crippen LogP contribution in [0.2, 0.25) is 0 Å². The minimum absolute atomic E-state index is 0.366. The highest BCUT2D eigenvalue weighted by atomic mass is 32.1. The predicted octanol–water partition coefficient (Wildman–Crippen LogP) is 2.25. The minimum atomic E-state index is -0.894. The van der Waals surface area contributed by atoms with E-state index in [2.05, 4.69) is 5.48 Å². The van der Waals surface area contributed by atoms with Crippen LogP contribution in [0.25, 0.3) is 10.1 Å². The molecule has 0 fully saturated rings. The molecule has 0 saturated heterocycles. The summed E-state index contributed by atoms with van der Waals surface area (Å²) in [7, 11) is 1.51. The molecule has 0 unspecified atom stereocenters. The number of carboxylic acid groups (broad SMARTS) is 1. The van der Waals surface area contributed by atoms with Gasteiger partial charge in [0.15, 0.2) is 0 Å². The van der Waals surface area contributed by atoms with Gasteiger partial charge in [0, 0.05) is 16.8 Å². The quantitative estimate of drug-likeness (QED) is 0.801. The van der Waals surface area contributed by atoms with Gasteiger partial charge in [0.05, 0.1) is 7.11 Å². The lowest BCUT2D eigenvalue weighted by atomic mass is 10.1. The number of thiophene rings is 1. The van der Waals surface area contributed by atoms with Crippen molar-refractivity contribution in [1.29, 1.82) is 0 Å². The number of rotatable bonds is 4. The lowest BCUT2D eigenvalue weighted by Crippen LogP contribution is -2.12. The molecule has 1 aromatic carbocycles. The van der Waals surface area contributed by atoms with Crippen LogP contribution in [0.5, 0.6) is 0 Å². The Morgan fingerprint density at radius 2 is 2.25 bits per heavy atom. The summed E-state index contributed by atoms with van der Waals surface area (Å²) >= 11 is 1.29. The van der Waals surface area contributed by atoms with Crippen LogP contribution in [-0.2, 0) is 11.4 Å². The highest BCUT2D eigenvalue weighted by Crippen LogP contribution is 2.31. The Morgan fingerprint density at radius 1 is 1.50 bits per heavy atom. The fourth-order valence-corrected chi connectivity index (χ4v) is 2.65. The van der Waals surface area contributed by atoms with Gasteiger partial charge < -0.3 is 9.94 Å². The van der Waals surface area contributed by atoms with E-state index in [1.165, 1.54) is 18.4 Å². The van der Waals surface area contributed by atoms with Gasteiger partial charge in [-0.25, -0.2) is 4.79 Å². The summed E-state index contributed by atoms with van der Waals surface area (Å²) in [5.74, 6) is -0.894. The van der Waals surface area contributed by atoms with Crippen molar-refractivity contribution in [3.8, 4) is 0 Å². The average Bonchev–Trinajstić information content (AvgIpc) is 2.65. The van der Waals surface area contributed by atoms with Gasteiger partial charge in [-0.1, -0.05) is 18.2 Å². The van der Waals surface area contributed by atoms with E-state index in [4.69, 9.17) is 9.94 Å². The lowest BCUT2D eigenvalue weighted by molar-refractivity contribution is 0.0694. The maximum atomic E-state index is 11.1. The van der Waals surface area contributed by atoms with E-state index in [9.17, 15) is 4.79 Å². The first-order valence-electron chi connectivity index (χ1n) is 4.73. The molecule has 0 aliphatic carbocycles. The van der Waals surface area contributed by atoms with Crippen molar-refractivity contribution >= 4 is 27.4 Å². The first-order chi connectivity index (χ1) is 7.74. The molecule has 0 amide bonds. The van der Waals surface area contributed by atoms with Gasteiger partial charge in [0.2, 0.25) is 0 Å². The Morgan fingerprint density at radius 3 is 2.94 bits per heavy atom. The summed E-state index contributed by atoms with van der Waals surface area (Å²) in [4.78, 5) is 16.2. The summed E-state index contributed by atoms with van der Waals surface area (Å²) in [6.45, 7) is 0.391. The first-order valence-corrected chi connectivity index (χ1v) is 5.55. The van der Waals surface area contributed by atoms with Crippen molar-refractivity contribution in [2.75, 3.05) is 7.11 Å². The molecule has 0 spiro atoms. The monoisotopic (exact) mass is 237 g/mol. The molecule has 0 atom stereocenters. The van der Waals surface area contributed by atoms with Crippen LogP contribution in [0, 0.1) is 0 Å². The maximum Gasteiger partial charge on any atom is 0.346 e. The number of hydrogen-bond donors (Lipinski definition) is 2. The Labute approximate surface area is 96.4 Å². The Bertz CT molecular complexity index is 521. The standard InChI is InChI=1S/C11H11NO3S/c1-15-12-6-8-7-4-2-3-5-9(7)16-10(8)11(13)14/h2-5,12H,6H2,1H3,(H,13,14). The number of aromatic carboxylic acids is 1. The zero-order valence-electron chi connectivity index (χ0n) is 8.69. The number of carbonyl (C=O) groups is 1. The van der Waals surface area contributed by atoms with E-state index < -0.39 is 5.97 Å². The number of carboxylic acids is 1. The third kappa shape index (κ3) is 1.92. The van der Waals surface area contributed by atoms with E-state index in [-0.39, 0.29) is 0 Å². The molecule has 84 valence electrons. The molecular formula is C11H11NO3S. The zero-order valence-corrected chi connectivity index (χ0v) is 9.50. The van der Waals surface area contributed by atoms with Crippen molar-refractivity contribution in [1.82, 2.24) is 5.48 Å². The molecule has 2 aromatic rings. The number of hydroxylamine groups is 1. The molecule has 0 saturated carbocycles. The molecule has 0 radical (unpaired) electrons. The zero-order chi connectivity index (χ0) is 11.5. The van der Waals surface area contributed by atoms with Gasteiger partial charge in [0.25, 0.3) is 0 Å². The summed E-state index contributed by atoms with van der Waals surface area (Å²) in [5, 5.41) is 10.1. The fraction of sp³-hybridized carbons (Fsp3) is 0.182. The SMILES string of the molecule is CONCc1c(C(=O)O)sc2ccccc12. The second kappa shape index (κ2) is 4.61. The van der Waals surface area contributed by atoms with Crippen molar-refractivity contribution in [2.45, 2.75) is 6.54 Å². The van der Waals surface area contributed by atoms with Crippen LogP contribution in [-0.4, -0.2) is 18.2 Å². The van der Waals surface area contributed by atoms with Gasteiger partial charge in [-0.2, -0.15) is 5.48 Å². The highest BCUT2D eigenvalue weighted by molar-refractivity contribution is 7.21. The first kappa shape index (κ1) is 11.1. The molecule has 0 bridgehead atoms. The molecule has 0 aliphatic heterocycles. The van der Waals surface area contributed by atoms with Gasteiger partial charge in [-0.15, -0.1) is 11.3 Å². The third-order valence-corrected chi connectivity index (χ3v) is 3.49. The molecule has 16 heavy (non-hydrogen) atoms. The second-order valence-electron chi connectivity index (χ2n) is 3.24. The molecule has 1 heterocycles. The molecule has 2 N–H and O–H groups in total. The van der Waals surface area contributed by atoms with Crippen molar-refractivity contribution < 1.29 is 14.7 Å². The fourth-order valence-electron chi connectivity index (χ4n) is 1.59. The average molecular weight is 237 g/mol. The Hall–Kier alpha value is -1.43. The molecule has 2 rings (SSSR count). The van der Waals surface area contributed by atoms with Crippen LogP contribution in [0.1, 0.15) is 15.2 Å². The predicted molar refractivity (Wildman–Crippen MR) is 62.6 cm³/mol. The van der Waals surface area contributed by atoms with Gasteiger partial charge in [-0.05, 0) is 11.5 Å². The summed E-state index contributed by atoms with van der Waals surface area (Å²) < 4.78 is 0.979. The van der Waals surface area contributed by atoms with E-state index in [0.29, 0.717) is 11.4 Å². The third-order valence-electron chi connectivity index (χ3n) is 2.29. The lowest BCUT2D eigenvalue weighted by Gasteiger charge is -2.02. The highest BCUT2D eigenvalue weighted by Gasteiger charge is 2.16. The Kier molecular flexibility index (Phi) is 3.19. The largest absolute Gasteiger partial charge is 0.477 e. The number of nitrogens with one attached hydrogen (secondary N) is 1. The second-order valence-corrected chi connectivity index (χ2v) is 4.29. The van der Waals surface area contributed by atoms with E-state index in [1.807, 2.05) is 24.3 Å². The van der Waals surface area contributed by atoms with Crippen LogP contribution < -0.4 is 5.48 Å². The van der Waals surface area contributed by atoms with Crippen molar-refractivity contribution in [2.24, 2.45) is 0 Å². The normalized spacial score (nSPS) is 10.8. The molecule has 5 heteroatoms. The maximum absolute atomic E-state index is 11.1. The van der Waals surface area contributed by atoms with Crippen molar-refractivity contribution in [3.63, 3.8) is 0 Å². The van der Waals surface area contributed by atoms with Crippen LogP contribution in [0.4, 0.5) is 0 Å². The summed E-state index contributed by atoms with van der Waals surface area (Å²) in [6.07, 6.45) is 0. The summed E-state index contributed by atoms with van der Waals surface area (Å²) in [5.41, 5.74) is 3.45. The topological polar surface area (TPSA) is 58.6 Å². The molecule has 1 aromatic heterocycles. The minimum Gasteiger partial charge on any atom is -0.477 e. The van der Waals surface area contributed by atoms with E-state index >= 15 is 0 Å². The Balaban J connectivity index is 2.55. The van der Waals surface area contributed by atoms with Gasteiger partial charge >= 0.3 is 5.97 Å². The van der Waals surface area contributed by atoms with Gasteiger partial charge in [-0.3, -0.25) is 0 Å².